The number of carbonyl (C=O) groups is 2. The molecule has 0 radical (unpaired) electrons. The number of rotatable bonds is 0. The van der Waals surface area contributed by atoms with E-state index in [0.717, 1.165) is 25.7 Å². The molecule has 2 amide bonds. The Morgan fingerprint density at radius 1 is 0.667 bits per heavy atom. The first kappa shape index (κ1) is 13.7. The Labute approximate surface area is 117 Å². The van der Waals surface area contributed by atoms with Crippen LogP contribution in [-0.4, -0.2) is 47.8 Å². The number of hydrogen-bond acceptors (Lipinski definition) is 2. The maximum atomic E-state index is 12.1. The van der Waals surface area contributed by atoms with Crippen LogP contribution in [0.4, 0.5) is 0 Å². The third-order valence-corrected chi connectivity index (χ3v) is 4.19. The first-order valence-corrected chi connectivity index (χ1v) is 7.00. The summed E-state index contributed by atoms with van der Waals surface area (Å²) in [6.45, 7) is 2.43. The van der Waals surface area contributed by atoms with Crippen LogP contribution in [0.25, 0.3) is 0 Å². The molecule has 18 heavy (non-hydrogen) atoms. The molecule has 2 aliphatic rings. The molecule has 2 bridgehead atoms. The quantitative estimate of drug-likeness (QED) is 0.684. The third kappa shape index (κ3) is 2.81. The SMILES string of the molecule is O=C1/C(Cl)=C(/Cl)C(=O)N2CCCCCCN1CC2. The molecule has 2 rings (SSSR count). The summed E-state index contributed by atoms with van der Waals surface area (Å²) in [5.74, 6) is -0.648. The second kappa shape index (κ2) is 5.93. The number of nitrogens with zero attached hydrogens (tertiary/aromatic N) is 2. The normalized spacial score (nSPS) is 27.2. The van der Waals surface area contributed by atoms with E-state index in [2.05, 4.69) is 0 Å². The standard InChI is InChI=1S/C12H16Cl2N2O2/c13-9-10(14)12(18)16-6-4-2-1-3-5-15(7-8-16)11(9)17/h1-8H2/b10-9-. The summed E-state index contributed by atoms with van der Waals surface area (Å²) in [5.41, 5.74) is 0. The van der Waals surface area contributed by atoms with E-state index in [9.17, 15) is 9.59 Å². The van der Waals surface area contributed by atoms with Crippen LogP contribution in [0.15, 0.2) is 10.1 Å². The molecule has 2 heterocycles. The van der Waals surface area contributed by atoms with Crippen molar-refractivity contribution in [3.05, 3.63) is 10.1 Å². The lowest BCUT2D eigenvalue weighted by atomic mass is 10.1. The van der Waals surface area contributed by atoms with Crippen LogP contribution in [0.2, 0.25) is 0 Å². The molecule has 4 nitrogen and oxygen atoms in total. The van der Waals surface area contributed by atoms with Gasteiger partial charge in [0.25, 0.3) is 11.8 Å². The van der Waals surface area contributed by atoms with Gasteiger partial charge >= 0.3 is 0 Å². The number of carbonyl (C=O) groups excluding carboxylic acids is 2. The Bertz CT molecular complexity index is 360. The third-order valence-electron chi connectivity index (χ3n) is 3.39. The van der Waals surface area contributed by atoms with Crippen molar-refractivity contribution in [3.8, 4) is 0 Å². The molecule has 1 saturated heterocycles. The van der Waals surface area contributed by atoms with Gasteiger partial charge in [0.15, 0.2) is 0 Å². The van der Waals surface area contributed by atoms with Crippen LogP contribution < -0.4 is 0 Å². The lowest BCUT2D eigenvalue weighted by Gasteiger charge is -2.31. The topological polar surface area (TPSA) is 40.6 Å². The summed E-state index contributed by atoms with van der Waals surface area (Å²) in [4.78, 5) is 27.5. The summed E-state index contributed by atoms with van der Waals surface area (Å²) in [6, 6.07) is 0. The van der Waals surface area contributed by atoms with Crippen LogP contribution >= 0.6 is 23.2 Å². The molecule has 0 aromatic carbocycles. The Balaban J connectivity index is 2.33. The van der Waals surface area contributed by atoms with Crippen molar-refractivity contribution in [3.63, 3.8) is 0 Å². The summed E-state index contributed by atoms with van der Waals surface area (Å²) in [6.07, 6.45) is 4.09. The van der Waals surface area contributed by atoms with Crippen LogP contribution in [0.1, 0.15) is 25.7 Å². The van der Waals surface area contributed by atoms with Crippen molar-refractivity contribution in [1.82, 2.24) is 9.80 Å². The van der Waals surface area contributed by atoms with Crippen molar-refractivity contribution >= 4 is 35.0 Å². The molecule has 2 aliphatic heterocycles. The van der Waals surface area contributed by atoms with Gasteiger partial charge < -0.3 is 9.80 Å². The molecule has 0 aliphatic carbocycles. The van der Waals surface area contributed by atoms with Gasteiger partial charge in [0.05, 0.1) is 0 Å². The van der Waals surface area contributed by atoms with Gasteiger partial charge in [0.2, 0.25) is 0 Å². The minimum absolute atomic E-state index is 0.146. The molecule has 0 spiro atoms. The fourth-order valence-corrected chi connectivity index (χ4v) is 2.70. The second-order valence-corrected chi connectivity index (χ2v) is 5.38. The summed E-state index contributed by atoms with van der Waals surface area (Å²) in [5, 5.41) is -0.293. The molecular formula is C12H16Cl2N2O2. The summed E-state index contributed by atoms with van der Waals surface area (Å²) < 4.78 is 0. The summed E-state index contributed by atoms with van der Waals surface area (Å²) >= 11 is 11.8. The van der Waals surface area contributed by atoms with Crippen molar-refractivity contribution in [2.24, 2.45) is 0 Å². The molecule has 0 unspecified atom stereocenters. The molecule has 100 valence electrons. The maximum Gasteiger partial charge on any atom is 0.267 e. The van der Waals surface area contributed by atoms with E-state index >= 15 is 0 Å². The average molecular weight is 291 g/mol. The van der Waals surface area contributed by atoms with Gasteiger partial charge in [-0.1, -0.05) is 36.0 Å². The first-order valence-electron chi connectivity index (χ1n) is 6.25. The zero-order valence-corrected chi connectivity index (χ0v) is 11.6. The van der Waals surface area contributed by atoms with E-state index in [1.165, 1.54) is 0 Å². The van der Waals surface area contributed by atoms with Crippen LogP contribution in [0.3, 0.4) is 0 Å². The van der Waals surface area contributed by atoms with Gasteiger partial charge in [-0.05, 0) is 12.8 Å². The number of amides is 2. The van der Waals surface area contributed by atoms with Gasteiger partial charge in [-0.3, -0.25) is 9.59 Å². The molecule has 6 heteroatoms. The predicted octanol–water partition coefficient (Wildman–Crippen LogP) is 1.92. The highest BCUT2D eigenvalue weighted by atomic mass is 35.5. The Morgan fingerprint density at radius 2 is 1.06 bits per heavy atom. The fraction of sp³-hybridized carbons (Fsp3) is 0.667. The molecule has 0 aromatic heterocycles. The van der Waals surface area contributed by atoms with E-state index in [4.69, 9.17) is 23.2 Å². The highest BCUT2D eigenvalue weighted by molar-refractivity contribution is 6.53. The Kier molecular flexibility index (Phi) is 4.51. The first-order chi connectivity index (χ1) is 8.61. The summed E-state index contributed by atoms with van der Waals surface area (Å²) in [7, 11) is 0. The van der Waals surface area contributed by atoms with E-state index in [1.54, 1.807) is 9.80 Å². The van der Waals surface area contributed by atoms with Crippen LogP contribution in [-0.2, 0) is 9.59 Å². The average Bonchev–Trinajstić information content (AvgIpc) is 2.40. The number of halogens is 2. The van der Waals surface area contributed by atoms with Gasteiger partial charge in [-0.2, -0.15) is 0 Å². The smallest absolute Gasteiger partial charge is 0.267 e. The Morgan fingerprint density at radius 3 is 1.44 bits per heavy atom. The van der Waals surface area contributed by atoms with Crippen molar-refractivity contribution in [1.29, 1.82) is 0 Å². The second-order valence-electron chi connectivity index (χ2n) is 4.63. The van der Waals surface area contributed by atoms with E-state index in [1.807, 2.05) is 0 Å². The molecule has 0 saturated carbocycles. The van der Waals surface area contributed by atoms with E-state index in [0.29, 0.717) is 26.2 Å². The van der Waals surface area contributed by atoms with Crippen molar-refractivity contribution < 1.29 is 9.59 Å². The zero-order chi connectivity index (χ0) is 13.1. The van der Waals surface area contributed by atoms with Gasteiger partial charge in [0.1, 0.15) is 10.1 Å². The molecule has 1 fully saturated rings. The molecule has 0 N–H and O–H groups in total. The lowest BCUT2D eigenvalue weighted by Crippen LogP contribution is -2.45. The van der Waals surface area contributed by atoms with Gasteiger partial charge in [-0.15, -0.1) is 0 Å². The molecule has 0 aromatic rings. The highest BCUT2D eigenvalue weighted by Crippen LogP contribution is 2.23. The van der Waals surface area contributed by atoms with E-state index < -0.39 is 0 Å². The molecular weight excluding hydrogens is 275 g/mol. The minimum Gasteiger partial charge on any atom is -0.336 e. The van der Waals surface area contributed by atoms with Crippen LogP contribution in [0, 0.1) is 0 Å². The maximum absolute atomic E-state index is 12.1. The van der Waals surface area contributed by atoms with E-state index in [-0.39, 0.29) is 21.9 Å². The zero-order valence-electron chi connectivity index (χ0n) is 10.1. The van der Waals surface area contributed by atoms with Crippen molar-refractivity contribution in [2.75, 3.05) is 26.2 Å². The molecule has 0 atom stereocenters. The van der Waals surface area contributed by atoms with Crippen LogP contribution in [0.5, 0.6) is 0 Å². The monoisotopic (exact) mass is 290 g/mol. The predicted molar refractivity (Wildman–Crippen MR) is 70.4 cm³/mol. The fourth-order valence-electron chi connectivity index (χ4n) is 2.30. The van der Waals surface area contributed by atoms with Crippen molar-refractivity contribution in [2.45, 2.75) is 25.7 Å². The lowest BCUT2D eigenvalue weighted by molar-refractivity contribution is -0.132. The number of fused-ring (bicyclic) bond motifs is 3. The highest BCUT2D eigenvalue weighted by Gasteiger charge is 2.29. The largest absolute Gasteiger partial charge is 0.336 e. The Hall–Kier alpha value is -0.740. The van der Waals surface area contributed by atoms with Gasteiger partial charge in [0, 0.05) is 26.2 Å². The van der Waals surface area contributed by atoms with Gasteiger partial charge in [-0.25, -0.2) is 0 Å². The number of hydrogen-bond donors (Lipinski definition) is 0. The minimum atomic E-state index is -0.324.